The molecule has 0 aliphatic heterocycles. The van der Waals surface area contributed by atoms with Gasteiger partial charge in [-0.3, -0.25) is 0 Å². The molecule has 5 heteroatoms. The van der Waals surface area contributed by atoms with Gasteiger partial charge in [-0.15, -0.1) is 11.3 Å². The van der Waals surface area contributed by atoms with E-state index < -0.39 is 0 Å². The maximum absolute atomic E-state index is 4.31. The molecular formula is C12H16N4S. The minimum atomic E-state index is 0.105. The maximum Gasteiger partial charge on any atom is 0.178 e. The first-order valence-electron chi connectivity index (χ1n) is 5.49. The molecule has 0 spiro atoms. The molecular weight excluding hydrogens is 232 g/mol. The van der Waals surface area contributed by atoms with Crippen LogP contribution in [0.1, 0.15) is 26.3 Å². The van der Waals surface area contributed by atoms with Gasteiger partial charge in [-0.25, -0.2) is 15.0 Å². The van der Waals surface area contributed by atoms with Crippen molar-refractivity contribution in [2.45, 2.75) is 32.9 Å². The Morgan fingerprint density at radius 3 is 2.41 bits per heavy atom. The highest BCUT2D eigenvalue weighted by molar-refractivity contribution is 7.07. The van der Waals surface area contributed by atoms with Crippen LogP contribution in [0, 0.1) is 0 Å². The Hall–Kier alpha value is -1.33. The largest absolute Gasteiger partial charge is 0.308 e. The summed E-state index contributed by atoms with van der Waals surface area (Å²) in [6, 6.07) is 0. The van der Waals surface area contributed by atoms with Gasteiger partial charge in [0.05, 0.1) is 5.51 Å². The van der Waals surface area contributed by atoms with Crippen molar-refractivity contribution in [1.29, 1.82) is 0 Å². The normalized spacial score (nSPS) is 11.7. The van der Waals surface area contributed by atoms with Crippen molar-refractivity contribution >= 4 is 11.3 Å². The van der Waals surface area contributed by atoms with E-state index in [0.717, 1.165) is 17.8 Å². The standard InChI is InChI=1S/C12H16N4S/c1-12(2,3)16-6-9-4-13-11(14-5-9)10-7-17-8-15-10/h4-5,7-8,16H,6H2,1-3H3. The second-order valence-corrected chi connectivity index (χ2v) is 5.61. The zero-order chi connectivity index (χ0) is 12.3. The molecule has 0 atom stereocenters. The van der Waals surface area contributed by atoms with Crippen molar-refractivity contribution in [3.05, 3.63) is 28.8 Å². The Labute approximate surface area is 105 Å². The first-order valence-corrected chi connectivity index (χ1v) is 6.43. The van der Waals surface area contributed by atoms with Crippen molar-refractivity contribution in [1.82, 2.24) is 20.3 Å². The molecule has 2 aromatic heterocycles. The van der Waals surface area contributed by atoms with Crippen LogP contribution in [0.3, 0.4) is 0 Å². The van der Waals surface area contributed by atoms with Crippen molar-refractivity contribution in [2.24, 2.45) is 0 Å². The molecule has 1 N–H and O–H groups in total. The smallest absolute Gasteiger partial charge is 0.178 e. The summed E-state index contributed by atoms with van der Waals surface area (Å²) in [7, 11) is 0. The summed E-state index contributed by atoms with van der Waals surface area (Å²) in [4.78, 5) is 12.8. The Kier molecular flexibility index (Phi) is 3.49. The van der Waals surface area contributed by atoms with Crippen LogP contribution in [-0.4, -0.2) is 20.5 Å². The molecule has 4 nitrogen and oxygen atoms in total. The molecule has 0 aliphatic rings. The number of hydrogen-bond acceptors (Lipinski definition) is 5. The van der Waals surface area contributed by atoms with Crippen LogP contribution in [0.2, 0.25) is 0 Å². The van der Waals surface area contributed by atoms with E-state index in [1.165, 1.54) is 0 Å². The van der Waals surface area contributed by atoms with Crippen molar-refractivity contribution < 1.29 is 0 Å². The molecule has 90 valence electrons. The second-order valence-electron chi connectivity index (χ2n) is 4.89. The highest BCUT2D eigenvalue weighted by atomic mass is 32.1. The molecule has 0 bridgehead atoms. The Morgan fingerprint density at radius 2 is 1.88 bits per heavy atom. The molecule has 0 fully saturated rings. The zero-order valence-corrected chi connectivity index (χ0v) is 11.1. The fraction of sp³-hybridized carbons (Fsp3) is 0.417. The van der Waals surface area contributed by atoms with Gasteiger partial charge >= 0.3 is 0 Å². The third-order valence-electron chi connectivity index (χ3n) is 2.19. The third-order valence-corrected chi connectivity index (χ3v) is 2.78. The summed E-state index contributed by atoms with van der Waals surface area (Å²) in [5, 5.41) is 5.35. The number of aromatic nitrogens is 3. The first kappa shape index (κ1) is 12.1. The Morgan fingerprint density at radius 1 is 1.18 bits per heavy atom. The van der Waals surface area contributed by atoms with E-state index in [1.807, 2.05) is 17.8 Å². The lowest BCUT2D eigenvalue weighted by Crippen LogP contribution is -2.35. The van der Waals surface area contributed by atoms with Crippen molar-refractivity contribution in [3.8, 4) is 11.5 Å². The molecule has 0 unspecified atom stereocenters. The van der Waals surface area contributed by atoms with Crippen LogP contribution >= 0.6 is 11.3 Å². The predicted octanol–water partition coefficient (Wildman–Crippen LogP) is 2.49. The van der Waals surface area contributed by atoms with Crippen LogP contribution in [0.5, 0.6) is 0 Å². The van der Waals surface area contributed by atoms with E-state index in [2.05, 4.69) is 41.0 Å². The van der Waals surface area contributed by atoms with Gasteiger partial charge in [-0.2, -0.15) is 0 Å². The fourth-order valence-corrected chi connectivity index (χ4v) is 1.80. The van der Waals surface area contributed by atoms with E-state index in [4.69, 9.17) is 0 Å². The molecule has 2 rings (SSSR count). The minimum Gasteiger partial charge on any atom is -0.308 e. The van der Waals surface area contributed by atoms with Gasteiger partial charge < -0.3 is 5.32 Å². The lowest BCUT2D eigenvalue weighted by molar-refractivity contribution is 0.423. The van der Waals surface area contributed by atoms with Crippen LogP contribution in [0.25, 0.3) is 11.5 Å². The van der Waals surface area contributed by atoms with E-state index in [0.29, 0.717) is 5.82 Å². The van der Waals surface area contributed by atoms with Crippen molar-refractivity contribution in [3.63, 3.8) is 0 Å². The van der Waals surface area contributed by atoms with Gasteiger partial charge in [0.15, 0.2) is 5.82 Å². The van der Waals surface area contributed by atoms with E-state index in [9.17, 15) is 0 Å². The van der Waals surface area contributed by atoms with Crippen molar-refractivity contribution in [2.75, 3.05) is 0 Å². The Balaban J connectivity index is 2.04. The Bertz CT molecular complexity index is 456. The van der Waals surface area contributed by atoms with Gasteiger partial charge in [0.1, 0.15) is 5.69 Å². The summed E-state index contributed by atoms with van der Waals surface area (Å²) in [6.07, 6.45) is 3.70. The second kappa shape index (κ2) is 4.89. The monoisotopic (exact) mass is 248 g/mol. The maximum atomic E-state index is 4.31. The molecule has 0 saturated carbocycles. The summed E-state index contributed by atoms with van der Waals surface area (Å²) < 4.78 is 0. The SMILES string of the molecule is CC(C)(C)NCc1cnc(-c2cscn2)nc1. The van der Waals surface area contributed by atoms with Gasteiger partial charge in [-0.05, 0) is 20.8 Å². The number of thiazole rings is 1. The van der Waals surface area contributed by atoms with Gasteiger partial charge in [-0.1, -0.05) is 0 Å². The summed E-state index contributed by atoms with van der Waals surface area (Å²) >= 11 is 1.55. The van der Waals surface area contributed by atoms with Crippen LogP contribution in [-0.2, 0) is 6.54 Å². The molecule has 0 aromatic carbocycles. The van der Waals surface area contributed by atoms with Gasteiger partial charge in [0.2, 0.25) is 0 Å². The van der Waals surface area contributed by atoms with Crippen LogP contribution in [0.4, 0.5) is 0 Å². The summed E-state index contributed by atoms with van der Waals surface area (Å²) in [6.45, 7) is 7.19. The molecule has 0 radical (unpaired) electrons. The quantitative estimate of drug-likeness (QED) is 0.906. The number of hydrogen-bond donors (Lipinski definition) is 1. The average molecular weight is 248 g/mol. The predicted molar refractivity (Wildman–Crippen MR) is 69.7 cm³/mol. The molecule has 2 aromatic rings. The summed E-state index contributed by atoms with van der Waals surface area (Å²) in [5.41, 5.74) is 3.81. The molecule has 0 saturated heterocycles. The van der Waals surface area contributed by atoms with Crippen LogP contribution in [0.15, 0.2) is 23.3 Å². The first-order chi connectivity index (χ1) is 8.04. The lowest BCUT2D eigenvalue weighted by Gasteiger charge is -2.20. The number of nitrogens with one attached hydrogen (secondary N) is 1. The topological polar surface area (TPSA) is 50.7 Å². The highest BCUT2D eigenvalue weighted by Crippen LogP contribution is 2.13. The third kappa shape index (κ3) is 3.57. The average Bonchev–Trinajstić information content (AvgIpc) is 2.79. The van der Waals surface area contributed by atoms with E-state index >= 15 is 0 Å². The molecule has 0 amide bonds. The highest BCUT2D eigenvalue weighted by Gasteiger charge is 2.09. The van der Waals surface area contributed by atoms with E-state index in [1.54, 1.807) is 16.8 Å². The van der Waals surface area contributed by atoms with Gasteiger partial charge in [0, 0.05) is 35.4 Å². The minimum absolute atomic E-state index is 0.105. The number of rotatable bonds is 3. The van der Waals surface area contributed by atoms with Gasteiger partial charge in [0.25, 0.3) is 0 Å². The molecule has 2 heterocycles. The fourth-order valence-electron chi connectivity index (χ4n) is 1.27. The summed E-state index contributed by atoms with van der Waals surface area (Å²) in [5.74, 6) is 0.686. The molecule has 0 aliphatic carbocycles. The van der Waals surface area contributed by atoms with Crippen LogP contribution < -0.4 is 5.32 Å². The van der Waals surface area contributed by atoms with E-state index in [-0.39, 0.29) is 5.54 Å². The lowest BCUT2D eigenvalue weighted by atomic mass is 10.1. The zero-order valence-electron chi connectivity index (χ0n) is 10.3. The number of nitrogens with zero attached hydrogens (tertiary/aromatic N) is 3. The molecule has 17 heavy (non-hydrogen) atoms.